The number of benzene rings is 2. The highest BCUT2D eigenvalue weighted by molar-refractivity contribution is 6.37. The van der Waals surface area contributed by atoms with Crippen molar-refractivity contribution in [1.29, 1.82) is 0 Å². The molecule has 0 aliphatic heterocycles. The summed E-state index contributed by atoms with van der Waals surface area (Å²) < 4.78 is 16.6. The molecule has 112 valence electrons. The van der Waals surface area contributed by atoms with E-state index in [9.17, 15) is 0 Å². The van der Waals surface area contributed by atoms with Crippen LogP contribution in [-0.2, 0) is 0 Å². The molecule has 0 unspecified atom stereocenters. The third-order valence-electron chi connectivity index (χ3n) is 2.63. The minimum Gasteiger partial charge on any atom is -0.494 e. The molecule has 0 aliphatic carbocycles. The molecule has 0 amide bonds. The van der Waals surface area contributed by atoms with Crippen LogP contribution in [0, 0.1) is 0 Å². The molecule has 0 saturated carbocycles. The van der Waals surface area contributed by atoms with Crippen LogP contribution in [0.1, 0.15) is 6.92 Å². The van der Waals surface area contributed by atoms with Crippen LogP contribution in [0.5, 0.6) is 17.2 Å². The van der Waals surface area contributed by atoms with Gasteiger partial charge in [0, 0.05) is 6.07 Å². The summed E-state index contributed by atoms with van der Waals surface area (Å²) in [6.07, 6.45) is 0. The van der Waals surface area contributed by atoms with E-state index in [-0.39, 0.29) is 0 Å². The summed E-state index contributed by atoms with van der Waals surface area (Å²) in [6, 6.07) is 12.7. The van der Waals surface area contributed by atoms with Gasteiger partial charge < -0.3 is 14.2 Å². The van der Waals surface area contributed by atoms with E-state index in [1.54, 1.807) is 18.2 Å². The molecule has 0 aromatic heterocycles. The number of hydrogen-bond donors (Lipinski definition) is 0. The second-order valence-corrected chi connectivity index (χ2v) is 4.97. The molecule has 3 nitrogen and oxygen atoms in total. The minimum atomic E-state index is 0.350. The monoisotopic (exact) mass is 326 g/mol. The average molecular weight is 327 g/mol. The fourth-order valence-electron chi connectivity index (χ4n) is 1.74. The Morgan fingerprint density at radius 2 is 1.38 bits per heavy atom. The maximum atomic E-state index is 6.01. The number of ether oxygens (including phenoxy) is 3. The second-order valence-electron chi connectivity index (χ2n) is 4.16. The Kier molecular flexibility index (Phi) is 6.03. The molecule has 0 saturated heterocycles. The van der Waals surface area contributed by atoms with E-state index in [0.717, 1.165) is 11.5 Å². The second kappa shape index (κ2) is 8.01. The molecule has 21 heavy (non-hydrogen) atoms. The lowest BCUT2D eigenvalue weighted by Crippen LogP contribution is -2.09. The van der Waals surface area contributed by atoms with Crippen molar-refractivity contribution >= 4 is 23.2 Å². The summed E-state index contributed by atoms with van der Waals surface area (Å²) >= 11 is 12.0. The highest BCUT2D eigenvalue weighted by Crippen LogP contribution is 2.32. The van der Waals surface area contributed by atoms with Crippen molar-refractivity contribution in [3.05, 3.63) is 52.5 Å². The minimum absolute atomic E-state index is 0.350. The van der Waals surface area contributed by atoms with Crippen molar-refractivity contribution < 1.29 is 14.2 Å². The summed E-state index contributed by atoms with van der Waals surface area (Å²) in [5, 5.41) is 0.974. The predicted molar refractivity (Wildman–Crippen MR) is 85.1 cm³/mol. The zero-order valence-corrected chi connectivity index (χ0v) is 13.2. The maximum absolute atomic E-state index is 6.01. The van der Waals surface area contributed by atoms with Gasteiger partial charge in [-0.1, -0.05) is 35.3 Å². The molecule has 2 aromatic rings. The van der Waals surface area contributed by atoms with E-state index >= 15 is 0 Å². The first-order chi connectivity index (χ1) is 10.2. The first-order valence-electron chi connectivity index (χ1n) is 6.63. The number of rotatable bonds is 7. The van der Waals surface area contributed by atoms with Crippen LogP contribution in [0.2, 0.25) is 10.0 Å². The number of para-hydroxylation sites is 1. The summed E-state index contributed by atoms with van der Waals surface area (Å²) in [7, 11) is 0. The van der Waals surface area contributed by atoms with E-state index in [0.29, 0.717) is 35.6 Å². The summed E-state index contributed by atoms with van der Waals surface area (Å²) in [5.41, 5.74) is 0. The Labute approximate surface area is 134 Å². The van der Waals surface area contributed by atoms with Gasteiger partial charge >= 0.3 is 0 Å². The van der Waals surface area contributed by atoms with Crippen molar-refractivity contribution in [1.82, 2.24) is 0 Å². The third kappa shape index (κ3) is 4.73. The van der Waals surface area contributed by atoms with Gasteiger partial charge in [0.2, 0.25) is 0 Å². The first kappa shape index (κ1) is 15.8. The predicted octanol–water partition coefficient (Wildman–Crippen LogP) is 4.85. The fraction of sp³-hybridized carbons (Fsp3) is 0.250. The van der Waals surface area contributed by atoms with Gasteiger partial charge in [0.05, 0.1) is 16.7 Å². The van der Waals surface area contributed by atoms with Crippen molar-refractivity contribution in [3.8, 4) is 17.2 Å². The van der Waals surface area contributed by atoms with E-state index in [4.69, 9.17) is 37.4 Å². The molecule has 0 heterocycles. The van der Waals surface area contributed by atoms with Gasteiger partial charge in [-0.25, -0.2) is 0 Å². The first-order valence-corrected chi connectivity index (χ1v) is 7.38. The zero-order chi connectivity index (χ0) is 15.1. The Bertz CT molecular complexity index is 567. The van der Waals surface area contributed by atoms with Crippen LogP contribution in [0.15, 0.2) is 42.5 Å². The lowest BCUT2D eigenvalue weighted by Gasteiger charge is -2.11. The van der Waals surface area contributed by atoms with Crippen molar-refractivity contribution in [2.24, 2.45) is 0 Å². The van der Waals surface area contributed by atoms with Gasteiger partial charge in [0.15, 0.2) is 5.75 Å². The van der Waals surface area contributed by atoms with Gasteiger partial charge in [0.25, 0.3) is 0 Å². The smallest absolute Gasteiger partial charge is 0.156 e. The lowest BCUT2D eigenvalue weighted by molar-refractivity contribution is 0.216. The molecule has 0 bridgehead atoms. The van der Waals surface area contributed by atoms with Crippen molar-refractivity contribution in [3.63, 3.8) is 0 Å². The Morgan fingerprint density at radius 1 is 0.810 bits per heavy atom. The van der Waals surface area contributed by atoms with Crippen LogP contribution in [0.25, 0.3) is 0 Å². The average Bonchev–Trinajstić information content (AvgIpc) is 2.47. The van der Waals surface area contributed by atoms with Crippen LogP contribution >= 0.6 is 23.2 Å². The van der Waals surface area contributed by atoms with E-state index in [1.165, 1.54) is 0 Å². The molecular formula is C16H16Cl2O3. The summed E-state index contributed by atoms with van der Waals surface area (Å²) in [4.78, 5) is 0. The van der Waals surface area contributed by atoms with Crippen LogP contribution < -0.4 is 14.2 Å². The molecule has 0 fully saturated rings. The SMILES string of the molecule is CCOc1cccc(OCCOc2c(Cl)cccc2Cl)c1. The number of hydrogen-bond acceptors (Lipinski definition) is 3. The highest BCUT2D eigenvalue weighted by atomic mass is 35.5. The molecular weight excluding hydrogens is 311 g/mol. The molecule has 0 radical (unpaired) electrons. The fourth-order valence-corrected chi connectivity index (χ4v) is 2.25. The number of halogens is 2. The van der Waals surface area contributed by atoms with Crippen LogP contribution in [0.4, 0.5) is 0 Å². The molecule has 2 aromatic carbocycles. The quantitative estimate of drug-likeness (QED) is 0.681. The van der Waals surface area contributed by atoms with E-state index in [2.05, 4.69) is 0 Å². The molecule has 0 spiro atoms. The molecule has 0 N–H and O–H groups in total. The van der Waals surface area contributed by atoms with Gasteiger partial charge in [-0.15, -0.1) is 0 Å². The Hall–Kier alpha value is -1.58. The third-order valence-corrected chi connectivity index (χ3v) is 3.23. The van der Waals surface area contributed by atoms with Gasteiger partial charge in [-0.3, -0.25) is 0 Å². The van der Waals surface area contributed by atoms with E-state index in [1.807, 2.05) is 31.2 Å². The Balaban J connectivity index is 1.83. The molecule has 0 aliphatic rings. The summed E-state index contributed by atoms with van der Waals surface area (Å²) in [6.45, 7) is 3.30. The van der Waals surface area contributed by atoms with Gasteiger partial charge in [0.1, 0.15) is 24.7 Å². The summed E-state index contributed by atoms with van der Waals surface area (Å²) in [5.74, 6) is 1.99. The van der Waals surface area contributed by atoms with Crippen LogP contribution in [-0.4, -0.2) is 19.8 Å². The Morgan fingerprint density at radius 3 is 2.05 bits per heavy atom. The topological polar surface area (TPSA) is 27.7 Å². The van der Waals surface area contributed by atoms with E-state index < -0.39 is 0 Å². The van der Waals surface area contributed by atoms with Gasteiger partial charge in [-0.2, -0.15) is 0 Å². The maximum Gasteiger partial charge on any atom is 0.156 e. The normalized spacial score (nSPS) is 10.2. The van der Waals surface area contributed by atoms with Gasteiger partial charge in [-0.05, 0) is 31.2 Å². The lowest BCUT2D eigenvalue weighted by atomic mass is 10.3. The van der Waals surface area contributed by atoms with Crippen LogP contribution in [0.3, 0.4) is 0 Å². The largest absolute Gasteiger partial charge is 0.494 e. The standard InChI is InChI=1S/C16H16Cl2O3/c1-2-19-12-5-3-6-13(11-12)20-9-10-21-16-14(17)7-4-8-15(16)18/h3-8,11H,2,9-10H2,1H3. The van der Waals surface area contributed by atoms with Crippen molar-refractivity contribution in [2.45, 2.75) is 6.92 Å². The highest BCUT2D eigenvalue weighted by Gasteiger charge is 2.06. The van der Waals surface area contributed by atoms with Crippen molar-refractivity contribution in [2.75, 3.05) is 19.8 Å². The molecule has 0 atom stereocenters. The molecule has 5 heteroatoms. The zero-order valence-electron chi connectivity index (χ0n) is 11.6. The molecule has 2 rings (SSSR count).